The maximum absolute atomic E-state index is 5.43. The Balaban J connectivity index is 1.39. The fourth-order valence-electron chi connectivity index (χ4n) is 4.73. The summed E-state index contributed by atoms with van der Waals surface area (Å²) in [6, 6.07) is 9.59. The van der Waals surface area contributed by atoms with Crippen LogP contribution in [-0.2, 0) is 0 Å². The number of aromatic nitrogens is 4. The van der Waals surface area contributed by atoms with Gasteiger partial charge in [0.25, 0.3) is 0 Å². The minimum atomic E-state index is 0.565. The highest BCUT2D eigenvalue weighted by atomic mass is 16.5. The summed E-state index contributed by atoms with van der Waals surface area (Å²) in [6.07, 6.45) is 8.06. The molecule has 0 bridgehead atoms. The SMILES string of the molecule is COc1ccc(Nc2cc(-c3nc(N4CCNCC4)c4c(C5CC5)cncc4n3)ccn2)cc1OC. The number of hydrogen-bond donors (Lipinski definition) is 2. The van der Waals surface area contributed by atoms with Gasteiger partial charge in [0.1, 0.15) is 11.6 Å². The Morgan fingerprint density at radius 2 is 1.81 bits per heavy atom. The zero-order valence-electron chi connectivity index (χ0n) is 20.5. The van der Waals surface area contributed by atoms with Crippen LogP contribution in [-0.4, -0.2) is 60.3 Å². The predicted octanol–water partition coefficient (Wildman–Crippen LogP) is 4.13. The van der Waals surface area contributed by atoms with Gasteiger partial charge >= 0.3 is 0 Å². The quantitative estimate of drug-likeness (QED) is 0.402. The first-order chi connectivity index (χ1) is 17.7. The number of ether oxygens (including phenoxy) is 2. The molecule has 3 aromatic heterocycles. The maximum atomic E-state index is 5.43. The van der Waals surface area contributed by atoms with Gasteiger partial charge in [-0.05, 0) is 48.6 Å². The molecule has 0 amide bonds. The van der Waals surface area contributed by atoms with Gasteiger partial charge in [-0.3, -0.25) is 4.98 Å². The topological polar surface area (TPSA) is 97.3 Å². The molecule has 4 heterocycles. The fourth-order valence-corrected chi connectivity index (χ4v) is 4.73. The van der Waals surface area contributed by atoms with Crippen LogP contribution in [0.25, 0.3) is 22.3 Å². The van der Waals surface area contributed by atoms with E-state index in [9.17, 15) is 0 Å². The van der Waals surface area contributed by atoms with E-state index in [0.717, 1.165) is 54.2 Å². The van der Waals surface area contributed by atoms with Crippen molar-refractivity contribution in [1.29, 1.82) is 0 Å². The molecule has 4 aromatic rings. The molecule has 36 heavy (non-hydrogen) atoms. The second-order valence-corrected chi connectivity index (χ2v) is 9.13. The van der Waals surface area contributed by atoms with Crippen molar-refractivity contribution in [2.75, 3.05) is 50.6 Å². The standard InChI is InChI=1S/C27H29N7O2/c1-35-22-6-5-19(14-23(22)36-2)31-24-13-18(7-8-30-24)26-32-21-16-29-15-20(17-3-4-17)25(21)27(33-26)34-11-9-28-10-12-34/h5-8,13-17,28H,3-4,9-12H2,1-2H3,(H,30,31). The summed E-state index contributed by atoms with van der Waals surface area (Å²) < 4.78 is 10.8. The number of anilines is 3. The van der Waals surface area contributed by atoms with E-state index in [0.29, 0.717) is 29.1 Å². The zero-order chi connectivity index (χ0) is 24.5. The summed E-state index contributed by atoms with van der Waals surface area (Å²) in [4.78, 5) is 21.5. The Kier molecular flexibility index (Phi) is 5.98. The molecule has 0 spiro atoms. The molecule has 2 fully saturated rings. The number of piperazine rings is 1. The smallest absolute Gasteiger partial charge is 0.162 e. The molecule has 0 unspecified atom stereocenters. The van der Waals surface area contributed by atoms with Crippen LogP contribution in [0.1, 0.15) is 24.3 Å². The Morgan fingerprint density at radius 3 is 2.58 bits per heavy atom. The summed E-state index contributed by atoms with van der Waals surface area (Å²) >= 11 is 0. The summed E-state index contributed by atoms with van der Waals surface area (Å²) in [6.45, 7) is 3.72. The number of nitrogens with zero attached hydrogens (tertiary/aromatic N) is 5. The van der Waals surface area contributed by atoms with Gasteiger partial charge in [-0.15, -0.1) is 0 Å². The molecule has 6 rings (SSSR count). The highest BCUT2D eigenvalue weighted by molar-refractivity contribution is 5.94. The lowest BCUT2D eigenvalue weighted by atomic mass is 10.1. The Labute approximate surface area is 209 Å². The van der Waals surface area contributed by atoms with Gasteiger partial charge in [0, 0.05) is 61.3 Å². The molecule has 1 aromatic carbocycles. The van der Waals surface area contributed by atoms with Gasteiger partial charge in [0.2, 0.25) is 0 Å². The number of fused-ring (bicyclic) bond motifs is 1. The first-order valence-corrected chi connectivity index (χ1v) is 12.3. The Hall–Kier alpha value is -3.98. The molecule has 9 nitrogen and oxygen atoms in total. The van der Waals surface area contributed by atoms with Crippen LogP contribution < -0.4 is 25.0 Å². The van der Waals surface area contributed by atoms with Crippen molar-refractivity contribution < 1.29 is 9.47 Å². The van der Waals surface area contributed by atoms with Crippen LogP contribution in [0.15, 0.2) is 48.9 Å². The highest BCUT2D eigenvalue weighted by Gasteiger charge is 2.29. The molecule has 0 radical (unpaired) electrons. The van der Waals surface area contributed by atoms with Crippen molar-refractivity contribution in [3.63, 3.8) is 0 Å². The number of rotatable bonds is 7. The molecule has 1 aliphatic carbocycles. The third-order valence-electron chi connectivity index (χ3n) is 6.72. The number of hydrogen-bond acceptors (Lipinski definition) is 9. The largest absolute Gasteiger partial charge is 0.493 e. The van der Waals surface area contributed by atoms with Gasteiger partial charge in [0.15, 0.2) is 17.3 Å². The van der Waals surface area contributed by atoms with E-state index >= 15 is 0 Å². The molecule has 2 aliphatic rings. The van der Waals surface area contributed by atoms with Crippen molar-refractivity contribution in [3.05, 3.63) is 54.5 Å². The van der Waals surface area contributed by atoms with Crippen LogP contribution in [0.5, 0.6) is 11.5 Å². The lowest BCUT2D eigenvalue weighted by Gasteiger charge is -2.30. The normalized spacial score (nSPS) is 15.7. The van der Waals surface area contributed by atoms with Gasteiger partial charge < -0.3 is 25.0 Å². The number of benzene rings is 1. The second kappa shape index (κ2) is 9.58. The molecular weight excluding hydrogens is 454 g/mol. The molecule has 184 valence electrons. The van der Waals surface area contributed by atoms with Gasteiger partial charge in [-0.25, -0.2) is 15.0 Å². The third kappa shape index (κ3) is 4.37. The molecule has 1 saturated heterocycles. The van der Waals surface area contributed by atoms with Crippen molar-refractivity contribution in [2.45, 2.75) is 18.8 Å². The zero-order valence-corrected chi connectivity index (χ0v) is 20.5. The van der Waals surface area contributed by atoms with E-state index in [1.807, 2.05) is 42.7 Å². The van der Waals surface area contributed by atoms with Crippen molar-refractivity contribution in [3.8, 4) is 22.9 Å². The first kappa shape index (κ1) is 22.5. The summed E-state index contributed by atoms with van der Waals surface area (Å²) in [7, 11) is 3.24. The molecule has 2 N–H and O–H groups in total. The van der Waals surface area contributed by atoms with E-state index in [4.69, 9.17) is 19.4 Å². The van der Waals surface area contributed by atoms with Crippen LogP contribution in [0, 0.1) is 0 Å². The maximum Gasteiger partial charge on any atom is 0.162 e. The summed E-state index contributed by atoms with van der Waals surface area (Å²) in [5, 5.41) is 7.95. The first-order valence-electron chi connectivity index (χ1n) is 12.3. The number of nitrogens with one attached hydrogen (secondary N) is 2. The van der Waals surface area contributed by atoms with Crippen molar-refractivity contribution in [2.24, 2.45) is 0 Å². The van der Waals surface area contributed by atoms with E-state index in [1.54, 1.807) is 20.4 Å². The fraction of sp³-hybridized carbons (Fsp3) is 0.333. The Bertz CT molecular complexity index is 1400. The lowest BCUT2D eigenvalue weighted by Crippen LogP contribution is -2.44. The molecular formula is C27H29N7O2. The van der Waals surface area contributed by atoms with Crippen molar-refractivity contribution >= 4 is 28.2 Å². The molecule has 1 saturated carbocycles. The van der Waals surface area contributed by atoms with Gasteiger partial charge in [-0.1, -0.05) is 0 Å². The molecule has 9 heteroatoms. The average molecular weight is 484 g/mol. The molecule has 0 atom stereocenters. The average Bonchev–Trinajstić information content (AvgIpc) is 3.78. The third-order valence-corrected chi connectivity index (χ3v) is 6.72. The van der Waals surface area contributed by atoms with Crippen LogP contribution in [0.2, 0.25) is 0 Å². The molecule has 1 aliphatic heterocycles. The van der Waals surface area contributed by atoms with E-state index in [2.05, 4.69) is 25.5 Å². The summed E-state index contributed by atoms with van der Waals surface area (Å²) in [5.74, 6) is 4.26. The van der Waals surface area contributed by atoms with Gasteiger partial charge in [0.05, 0.1) is 25.9 Å². The van der Waals surface area contributed by atoms with Crippen molar-refractivity contribution in [1.82, 2.24) is 25.3 Å². The minimum absolute atomic E-state index is 0.565. The monoisotopic (exact) mass is 483 g/mol. The van der Waals surface area contributed by atoms with Crippen LogP contribution in [0.4, 0.5) is 17.3 Å². The number of methoxy groups -OCH3 is 2. The highest BCUT2D eigenvalue weighted by Crippen LogP contribution is 2.45. The number of pyridine rings is 2. The van der Waals surface area contributed by atoms with Crippen LogP contribution >= 0.6 is 0 Å². The van der Waals surface area contributed by atoms with E-state index in [1.165, 1.54) is 18.4 Å². The van der Waals surface area contributed by atoms with E-state index in [-0.39, 0.29) is 0 Å². The van der Waals surface area contributed by atoms with E-state index < -0.39 is 0 Å². The van der Waals surface area contributed by atoms with Gasteiger partial charge in [-0.2, -0.15) is 0 Å². The lowest BCUT2D eigenvalue weighted by molar-refractivity contribution is 0.355. The van der Waals surface area contributed by atoms with Crippen LogP contribution in [0.3, 0.4) is 0 Å². The predicted molar refractivity (Wildman–Crippen MR) is 140 cm³/mol. The Morgan fingerprint density at radius 1 is 0.972 bits per heavy atom. The minimum Gasteiger partial charge on any atom is -0.493 e. The summed E-state index contributed by atoms with van der Waals surface area (Å²) in [5.41, 5.74) is 3.90. The second-order valence-electron chi connectivity index (χ2n) is 9.13.